The molecule has 3 aromatic heterocycles. The number of hydrogen-bond acceptors (Lipinski definition) is 6. The number of aromatic amines is 2. The molecule has 0 aliphatic carbocycles. The van der Waals surface area contributed by atoms with Crippen molar-refractivity contribution in [3.05, 3.63) is 108 Å². The number of nitrogens with zero attached hydrogens (tertiary/aromatic N) is 2. The van der Waals surface area contributed by atoms with Crippen molar-refractivity contribution in [1.29, 1.82) is 0 Å². The summed E-state index contributed by atoms with van der Waals surface area (Å²) in [7, 11) is 4.00. The van der Waals surface area contributed by atoms with E-state index >= 15 is 0 Å². The number of aromatic nitrogens is 4. The molecule has 0 unspecified atom stereocenters. The quantitative estimate of drug-likeness (QED) is 0.117. The van der Waals surface area contributed by atoms with E-state index in [0.29, 0.717) is 0 Å². The fraction of sp³-hybridized carbons (Fsp3) is 0.133. The molecular weight excluding hydrogens is 536 g/mol. The van der Waals surface area contributed by atoms with Crippen molar-refractivity contribution < 1.29 is 37.5 Å². The molecule has 0 radical (unpaired) electrons. The van der Waals surface area contributed by atoms with Crippen molar-refractivity contribution in [3.63, 3.8) is 0 Å². The van der Waals surface area contributed by atoms with E-state index in [-0.39, 0.29) is 17.1 Å². The van der Waals surface area contributed by atoms with Crippen LogP contribution >= 0.6 is 0 Å². The summed E-state index contributed by atoms with van der Waals surface area (Å²) in [6, 6.07) is 28.9. The summed E-state index contributed by atoms with van der Waals surface area (Å²) < 4.78 is 0. The standard InChI is InChI=1S/C20H14N4.C6H5.4CH4O.Fe/c1-2-14-10-16-5-6-18(23-16)12-20-8-7-19(24-20)11-17-4-3-15(22-17)9-13(1)21-14;1-2-4-6-5-3-1;4*1-2;/h1-12,21-22H;1-5H;4*2H,1H3;/q;-1;;;;;. The molecule has 2 aliphatic heterocycles. The molecule has 0 fully saturated rings. The van der Waals surface area contributed by atoms with Gasteiger partial charge in [-0.15, -0.1) is 0 Å². The smallest absolute Gasteiger partial charge is 0.0659 e. The monoisotopic (exact) mass is 571 g/mol. The number of rotatable bonds is 0. The fourth-order valence-electron chi connectivity index (χ4n) is 3.29. The Bertz CT molecular complexity index is 1300. The minimum Gasteiger partial charge on any atom is -0.400 e. The van der Waals surface area contributed by atoms with E-state index in [1.165, 1.54) is 0 Å². The molecule has 0 saturated carbocycles. The third kappa shape index (κ3) is 12.1. The molecular formula is C30H35FeN4O4-. The Hall–Kier alpha value is -3.82. The van der Waals surface area contributed by atoms with Gasteiger partial charge in [0.15, 0.2) is 0 Å². The number of fused-ring (bicyclic) bond motifs is 8. The molecule has 2 aliphatic rings. The normalized spacial score (nSPS) is 9.64. The van der Waals surface area contributed by atoms with Gasteiger partial charge in [-0.3, -0.25) is 0 Å². The zero-order chi connectivity index (χ0) is 28.2. The van der Waals surface area contributed by atoms with Gasteiger partial charge in [0.1, 0.15) is 0 Å². The summed E-state index contributed by atoms with van der Waals surface area (Å²) in [5, 5.41) is 28.0. The first kappa shape index (κ1) is 35.2. The second-order valence-electron chi connectivity index (χ2n) is 6.98. The Labute approximate surface area is 239 Å². The minimum atomic E-state index is 0. The maximum absolute atomic E-state index is 7.00. The van der Waals surface area contributed by atoms with Crippen LogP contribution in [0.15, 0.2) is 78.9 Å². The zero-order valence-electron chi connectivity index (χ0n) is 22.4. The topological polar surface area (TPSA) is 138 Å². The van der Waals surface area contributed by atoms with Crippen LogP contribution in [-0.4, -0.2) is 68.8 Å². The largest absolute Gasteiger partial charge is 0.400 e. The van der Waals surface area contributed by atoms with E-state index in [4.69, 9.17) is 20.4 Å². The second-order valence-corrected chi connectivity index (χ2v) is 6.98. The first-order valence-electron chi connectivity index (χ1n) is 11.5. The molecule has 4 aromatic rings. The van der Waals surface area contributed by atoms with Gasteiger partial charge in [-0.2, -0.15) is 36.4 Å². The average Bonchev–Trinajstić information content (AvgIpc) is 3.81. The molecule has 9 heteroatoms. The van der Waals surface area contributed by atoms with Gasteiger partial charge in [0.2, 0.25) is 0 Å². The van der Waals surface area contributed by atoms with E-state index < -0.39 is 0 Å². The summed E-state index contributed by atoms with van der Waals surface area (Å²) in [6.07, 6.45) is 8.05. The van der Waals surface area contributed by atoms with E-state index in [2.05, 4.69) is 56.3 Å². The molecule has 5 heterocycles. The van der Waals surface area contributed by atoms with Gasteiger partial charge < -0.3 is 30.4 Å². The van der Waals surface area contributed by atoms with Gasteiger partial charge >= 0.3 is 0 Å². The van der Waals surface area contributed by atoms with Crippen LogP contribution in [0.1, 0.15) is 22.8 Å². The van der Waals surface area contributed by atoms with Crippen molar-refractivity contribution in [2.75, 3.05) is 28.4 Å². The molecule has 1 aromatic carbocycles. The number of hydrogen-bond donors (Lipinski definition) is 6. The van der Waals surface area contributed by atoms with E-state index in [1.54, 1.807) is 0 Å². The third-order valence-corrected chi connectivity index (χ3v) is 4.65. The van der Waals surface area contributed by atoms with Gasteiger partial charge in [0.05, 0.1) is 22.8 Å². The summed E-state index contributed by atoms with van der Waals surface area (Å²) in [5.74, 6) is 0. The second kappa shape index (κ2) is 21.1. The predicted molar refractivity (Wildman–Crippen MR) is 157 cm³/mol. The van der Waals surface area contributed by atoms with Gasteiger partial charge in [0, 0.05) is 67.6 Å². The van der Waals surface area contributed by atoms with Gasteiger partial charge in [0.25, 0.3) is 0 Å². The van der Waals surface area contributed by atoms with E-state index in [9.17, 15) is 0 Å². The van der Waals surface area contributed by atoms with Crippen molar-refractivity contribution in [2.45, 2.75) is 0 Å². The molecule has 6 rings (SSSR count). The Morgan fingerprint density at radius 3 is 1.13 bits per heavy atom. The Kier molecular flexibility index (Phi) is 19.1. The van der Waals surface area contributed by atoms with Crippen LogP contribution in [0.4, 0.5) is 0 Å². The van der Waals surface area contributed by atoms with Crippen molar-refractivity contribution in [1.82, 2.24) is 19.9 Å². The van der Waals surface area contributed by atoms with Crippen LogP contribution in [0.3, 0.4) is 0 Å². The molecule has 0 saturated heterocycles. The van der Waals surface area contributed by atoms with Crippen LogP contribution < -0.4 is 0 Å². The van der Waals surface area contributed by atoms with Crippen molar-refractivity contribution >= 4 is 46.4 Å². The molecule has 0 atom stereocenters. The number of nitrogens with one attached hydrogen (secondary N) is 2. The average molecular weight is 571 g/mol. The van der Waals surface area contributed by atoms with Crippen LogP contribution in [0.5, 0.6) is 0 Å². The summed E-state index contributed by atoms with van der Waals surface area (Å²) in [5.41, 5.74) is 7.86. The fourth-order valence-corrected chi connectivity index (χ4v) is 3.29. The summed E-state index contributed by atoms with van der Waals surface area (Å²) in [4.78, 5) is 16.0. The number of aliphatic hydroxyl groups excluding tert-OH is 4. The number of benzene rings is 1. The van der Waals surface area contributed by atoms with Gasteiger partial charge in [-0.05, 0) is 72.8 Å². The van der Waals surface area contributed by atoms with Gasteiger partial charge in [-0.1, -0.05) is 0 Å². The minimum absolute atomic E-state index is 0. The SMILES string of the molecule is C1=Cc2cc3ccc(cc4ccc(cc5nc(cc1n2)C=C5)[nH]4)[nH]3.CO.CO.CO.CO.[Fe].[c-]1ccccc1. The van der Waals surface area contributed by atoms with Crippen LogP contribution in [-0.2, 0) is 17.1 Å². The zero-order valence-corrected chi connectivity index (χ0v) is 23.5. The molecule has 0 amide bonds. The van der Waals surface area contributed by atoms with E-state index in [1.807, 2.05) is 72.8 Å². The third-order valence-electron chi connectivity index (χ3n) is 4.65. The molecule has 8 nitrogen and oxygen atoms in total. The number of H-pyrrole nitrogens is 2. The van der Waals surface area contributed by atoms with Crippen molar-refractivity contribution in [3.8, 4) is 0 Å². The molecule has 39 heavy (non-hydrogen) atoms. The predicted octanol–water partition coefficient (Wildman–Crippen LogP) is 4.57. The van der Waals surface area contributed by atoms with Crippen LogP contribution in [0.25, 0.3) is 46.4 Å². The van der Waals surface area contributed by atoms with Crippen LogP contribution in [0.2, 0.25) is 0 Å². The molecule has 6 N–H and O–H groups in total. The molecule has 8 bridgehead atoms. The Balaban J connectivity index is 0.000000820. The molecule has 0 spiro atoms. The number of aliphatic hydroxyl groups is 4. The van der Waals surface area contributed by atoms with Crippen molar-refractivity contribution in [2.24, 2.45) is 0 Å². The first-order valence-corrected chi connectivity index (χ1v) is 11.5. The van der Waals surface area contributed by atoms with Gasteiger partial charge in [-0.25, -0.2) is 9.97 Å². The first-order chi connectivity index (χ1) is 18.8. The Morgan fingerprint density at radius 2 is 0.821 bits per heavy atom. The maximum atomic E-state index is 7.00. The summed E-state index contributed by atoms with van der Waals surface area (Å²) >= 11 is 0. The maximum Gasteiger partial charge on any atom is 0.0659 e. The molecule has 208 valence electrons. The van der Waals surface area contributed by atoms with Crippen LogP contribution in [0, 0.1) is 6.07 Å². The van der Waals surface area contributed by atoms with E-state index in [0.717, 1.165) is 73.3 Å². The Morgan fingerprint density at radius 1 is 0.487 bits per heavy atom. The summed E-state index contributed by atoms with van der Waals surface area (Å²) in [6.45, 7) is 0.